The number of hydrogen-bond acceptors (Lipinski definition) is 5. The van der Waals surface area contributed by atoms with E-state index in [1.807, 2.05) is 37.3 Å². The number of rotatable bonds is 4. The average molecular weight is 499 g/mol. The highest BCUT2D eigenvalue weighted by Crippen LogP contribution is 2.20. The average Bonchev–Trinajstić information content (AvgIpc) is 3.16. The number of nitro groups is 1. The Morgan fingerprint density at radius 3 is 2.69 bits per heavy atom. The zero-order chi connectivity index (χ0) is 20.5. The summed E-state index contributed by atoms with van der Waals surface area (Å²) in [6, 6.07) is 15.8. The van der Waals surface area contributed by atoms with Crippen LogP contribution in [0.3, 0.4) is 0 Å². The molecule has 0 aliphatic heterocycles. The van der Waals surface area contributed by atoms with Crippen molar-refractivity contribution in [3.05, 3.63) is 95.8 Å². The number of benzene rings is 2. The van der Waals surface area contributed by atoms with Gasteiger partial charge in [-0.1, -0.05) is 12.1 Å². The van der Waals surface area contributed by atoms with Crippen LogP contribution in [0, 0.1) is 20.6 Å². The summed E-state index contributed by atoms with van der Waals surface area (Å²) in [6.45, 7) is 1.95. The molecule has 0 fully saturated rings. The highest BCUT2D eigenvalue weighted by atomic mass is 127. The summed E-state index contributed by atoms with van der Waals surface area (Å²) in [7, 11) is 0. The van der Waals surface area contributed by atoms with Crippen LogP contribution in [-0.4, -0.2) is 14.5 Å². The molecule has 0 unspecified atom stereocenters. The first-order valence-corrected chi connectivity index (χ1v) is 9.72. The molecular weight excluding hydrogens is 485 g/mol. The Balaban J connectivity index is 1.92. The number of aromatic nitrogens is 2. The number of furan rings is 1. The molecule has 0 spiro atoms. The van der Waals surface area contributed by atoms with E-state index in [2.05, 4.69) is 27.6 Å². The minimum Gasteiger partial charge on any atom is -0.401 e. The van der Waals surface area contributed by atoms with E-state index < -0.39 is 4.92 Å². The zero-order valence-electron chi connectivity index (χ0n) is 15.2. The van der Waals surface area contributed by atoms with E-state index in [-0.39, 0.29) is 11.4 Å². The maximum atomic E-state index is 13.3. The molecule has 7 nitrogen and oxygen atoms in total. The van der Waals surface area contributed by atoms with E-state index in [0.29, 0.717) is 28.2 Å². The number of fused-ring (bicyclic) bond motifs is 1. The fourth-order valence-electron chi connectivity index (χ4n) is 2.99. The van der Waals surface area contributed by atoms with Crippen LogP contribution >= 0.6 is 22.6 Å². The molecule has 0 saturated heterocycles. The number of hydrogen-bond donors (Lipinski definition) is 0. The molecule has 29 heavy (non-hydrogen) atoms. The molecule has 0 saturated carbocycles. The van der Waals surface area contributed by atoms with Crippen LogP contribution < -0.4 is 5.56 Å². The van der Waals surface area contributed by atoms with E-state index >= 15 is 0 Å². The molecule has 4 rings (SSSR count). The van der Waals surface area contributed by atoms with E-state index in [9.17, 15) is 14.9 Å². The number of nitrogens with zero attached hydrogens (tertiary/aromatic N) is 3. The van der Waals surface area contributed by atoms with Crippen molar-refractivity contribution in [2.75, 3.05) is 0 Å². The summed E-state index contributed by atoms with van der Waals surface area (Å²) in [5, 5.41) is 11.3. The Morgan fingerprint density at radius 1 is 1.14 bits per heavy atom. The third kappa shape index (κ3) is 3.83. The molecule has 0 radical (unpaired) electrons. The summed E-state index contributed by atoms with van der Waals surface area (Å²) >= 11 is 2.16. The van der Waals surface area contributed by atoms with Gasteiger partial charge in [0.25, 0.3) is 5.56 Å². The third-order valence-corrected chi connectivity index (χ3v) is 4.98. The van der Waals surface area contributed by atoms with Crippen molar-refractivity contribution in [3.63, 3.8) is 0 Å². The van der Waals surface area contributed by atoms with Crippen molar-refractivity contribution in [1.29, 1.82) is 0 Å². The van der Waals surface area contributed by atoms with Crippen LogP contribution in [0.2, 0.25) is 0 Å². The summed E-state index contributed by atoms with van der Waals surface area (Å²) < 4.78 is 7.63. The van der Waals surface area contributed by atoms with Crippen LogP contribution in [0.4, 0.5) is 5.88 Å². The molecule has 0 amide bonds. The molecule has 144 valence electrons. The van der Waals surface area contributed by atoms with Crippen molar-refractivity contribution in [2.24, 2.45) is 0 Å². The van der Waals surface area contributed by atoms with Gasteiger partial charge < -0.3 is 4.42 Å². The van der Waals surface area contributed by atoms with Crippen LogP contribution in [0.15, 0.2) is 63.8 Å². The molecule has 8 heteroatoms. The first kappa shape index (κ1) is 19.1. The molecule has 4 aromatic rings. The maximum absolute atomic E-state index is 13.3. The van der Waals surface area contributed by atoms with Gasteiger partial charge in [0.05, 0.1) is 22.7 Å². The molecule has 0 aliphatic rings. The molecule has 0 aliphatic carbocycles. The molecule has 2 aromatic heterocycles. The van der Waals surface area contributed by atoms with Gasteiger partial charge >= 0.3 is 5.88 Å². The first-order valence-electron chi connectivity index (χ1n) is 8.64. The predicted molar refractivity (Wildman–Crippen MR) is 119 cm³/mol. The molecule has 0 bridgehead atoms. The molecule has 2 heterocycles. The van der Waals surface area contributed by atoms with Gasteiger partial charge in [0.1, 0.15) is 16.5 Å². The highest BCUT2D eigenvalue weighted by Gasteiger charge is 2.13. The lowest BCUT2D eigenvalue weighted by Crippen LogP contribution is -2.22. The van der Waals surface area contributed by atoms with Crippen molar-refractivity contribution in [3.8, 4) is 5.69 Å². The van der Waals surface area contributed by atoms with Gasteiger partial charge in [-0.25, -0.2) is 4.98 Å². The molecule has 0 N–H and O–H groups in total. The summed E-state index contributed by atoms with van der Waals surface area (Å²) in [6.07, 6.45) is 3.17. The van der Waals surface area contributed by atoms with Gasteiger partial charge in [0.15, 0.2) is 0 Å². The highest BCUT2D eigenvalue weighted by molar-refractivity contribution is 14.1. The topological polar surface area (TPSA) is 91.2 Å². The van der Waals surface area contributed by atoms with E-state index in [1.165, 1.54) is 16.7 Å². The second-order valence-corrected chi connectivity index (χ2v) is 7.62. The first-order chi connectivity index (χ1) is 13.9. The fraction of sp³-hybridized carbons (Fsp3) is 0.0476. The smallest absolute Gasteiger partial charge is 0.401 e. The second-order valence-electron chi connectivity index (χ2n) is 6.38. The lowest BCUT2D eigenvalue weighted by atomic mass is 10.2. The zero-order valence-corrected chi connectivity index (χ0v) is 17.4. The van der Waals surface area contributed by atoms with Crippen LogP contribution in [-0.2, 0) is 0 Å². The predicted octanol–water partition coefficient (Wildman–Crippen LogP) is 4.97. The quantitative estimate of drug-likeness (QED) is 0.225. The standard InChI is InChI=1S/C21H14IN3O4/c1-13-3-2-4-15(11-13)24-19(9-6-16-7-10-20(29-16)25(27)28)23-18-8-5-14(22)12-17(18)21(24)26/h2-12H,1H3. The van der Waals surface area contributed by atoms with Crippen LogP contribution in [0.5, 0.6) is 0 Å². The Morgan fingerprint density at radius 2 is 1.97 bits per heavy atom. The lowest BCUT2D eigenvalue weighted by Gasteiger charge is -2.12. The number of halogens is 1. The Labute approximate surface area is 178 Å². The normalized spacial score (nSPS) is 11.4. The van der Waals surface area contributed by atoms with E-state index in [4.69, 9.17) is 4.42 Å². The van der Waals surface area contributed by atoms with Crippen molar-refractivity contribution in [1.82, 2.24) is 9.55 Å². The summed E-state index contributed by atoms with van der Waals surface area (Å²) in [5.74, 6) is 0.347. The Hall–Kier alpha value is -3.27. The Bertz CT molecular complexity index is 1340. The summed E-state index contributed by atoms with van der Waals surface area (Å²) in [5.41, 5.74) is 2.08. The van der Waals surface area contributed by atoms with Gasteiger partial charge in [0.2, 0.25) is 0 Å². The maximum Gasteiger partial charge on any atom is 0.433 e. The minimum atomic E-state index is -0.601. The third-order valence-electron chi connectivity index (χ3n) is 4.31. The second kappa shape index (κ2) is 7.63. The van der Waals surface area contributed by atoms with Crippen molar-refractivity contribution in [2.45, 2.75) is 6.92 Å². The van der Waals surface area contributed by atoms with Crippen molar-refractivity contribution >= 4 is 51.5 Å². The van der Waals surface area contributed by atoms with E-state index in [0.717, 1.165) is 9.13 Å². The number of aryl methyl sites for hydroxylation is 1. The van der Waals surface area contributed by atoms with Crippen molar-refractivity contribution < 1.29 is 9.34 Å². The van der Waals surface area contributed by atoms with Gasteiger partial charge in [-0.15, -0.1) is 0 Å². The largest absolute Gasteiger partial charge is 0.433 e. The van der Waals surface area contributed by atoms with E-state index in [1.54, 1.807) is 24.3 Å². The van der Waals surface area contributed by atoms with Crippen LogP contribution in [0.25, 0.3) is 28.7 Å². The monoisotopic (exact) mass is 499 g/mol. The fourth-order valence-corrected chi connectivity index (χ4v) is 3.48. The van der Waals surface area contributed by atoms with Crippen LogP contribution in [0.1, 0.15) is 17.1 Å². The van der Waals surface area contributed by atoms with Gasteiger partial charge in [-0.3, -0.25) is 19.5 Å². The van der Waals surface area contributed by atoms with Gasteiger partial charge in [-0.2, -0.15) is 0 Å². The van der Waals surface area contributed by atoms with Gasteiger partial charge in [0, 0.05) is 3.57 Å². The SMILES string of the molecule is Cc1cccc(-n2c(C=Cc3ccc([N+](=O)[O-])o3)nc3ccc(I)cc3c2=O)c1. The molecule has 0 atom stereocenters. The molecular formula is C21H14IN3O4. The lowest BCUT2D eigenvalue weighted by molar-refractivity contribution is -0.402. The Kier molecular flexibility index (Phi) is 5.01. The summed E-state index contributed by atoms with van der Waals surface area (Å²) in [4.78, 5) is 28.1. The minimum absolute atomic E-state index is 0.191. The molecule has 2 aromatic carbocycles. The van der Waals surface area contributed by atoms with Gasteiger partial charge in [-0.05, 0) is 83.6 Å².